The van der Waals surface area contributed by atoms with Crippen molar-refractivity contribution < 1.29 is 36.6 Å². The zero-order chi connectivity index (χ0) is 28.1. The molecule has 1 amide bonds. The Labute approximate surface area is 223 Å². The van der Waals surface area contributed by atoms with Crippen LogP contribution in [-0.4, -0.2) is 42.8 Å². The van der Waals surface area contributed by atoms with Gasteiger partial charge in [-0.15, -0.1) is 0 Å². The lowest BCUT2D eigenvalue weighted by molar-refractivity contribution is -0.150. The fraction of sp³-hybridized carbons (Fsp3) is 0.500. The zero-order valence-corrected chi connectivity index (χ0v) is 22.0. The number of pyridine rings is 1. The highest BCUT2D eigenvalue weighted by Crippen LogP contribution is 2.37. The molecule has 0 unspecified atom stereocenters. The Morgan fingerprint density at radius 3 is 2.50 bits per heavy atom. The maximum Gasteiger partial charge on any atom is 0.433 e. The number of nitrogens with zero attached hydrogens (tertiary/aromatic N) is 1. The number of halogens is 5. The number of aromatic nitrogens is 1. The van der Waals surface area contributed by atoms with Gasteiger partial charge in [0.15, 0.2) is 0 Å². The topological polar surface area (TPSA) is 89.5 Å². The van der Waals surface area contributed by atoms with E-state index < -0.39 is 29.5 Å². The summed E-state index contributed by atoms with van der Waals surface area (Å²) >= 11 is 6.35. The molecule has 1 fully saturated rings. The van der Waals surface area contributed by atoms with E-state index in [-0.39, 0.29) is 59.8 Å². The number of benzene rings is 1. The van der Waals surface area contributed by atoms with Crippen molar-refractivity contribution in [1.82, 2.24) is 10.3 Å². The summed E-state index contributed by atoms with van der Waals surface area (Å²) in [4.78, 5) is 27.9. The fourth-order valence-corrected chi connectivity index (χ4v) is 4.59. The SMILES string of the molecule is CCOC(=O)C1CCC(F)(CNC(=O)c2ccc(N[C@@H](C)c3cc(C(F)(F)F)ncc3OC)c(Cl)c2)CC1. The van der Waals surface area contributed by atoms with Crippen molar-refractivity contribution in [2.75, 3.05) is 25.6 Å². The maximum absolute atomic E-state index is 15.2. The van der Waals surface area contributed by atoms with Crippen LogP contribution in [0.15, 0.2) is 30.5 Å². The van der Waals surface area contributed by atoms with Gasteiger partial charge in [0.2, 0.25) is 0 Å². The Hall–Kier alpha value is -3.08. The van der Waals surface area contributed by atoms with E-state index in [1.165, 1.54) is 25.3 Å². The van der Waals surface area contributed by atoms with Gasteiger partial charge in [-0.2, -0.15) is 13.2 Å². The van der Waals surface area contributed by atoms with Crippen molar-refractivity contribution in [2.24, 2.45) is 5.92 Å². The number of alkyl halides is 4. The highest BCUT2D eigenvalue weighted by Gasteiger charge is 2.38. The summed E-state index contributed by atoms with van der Waals surface area (Å²) in [7, 11) is 1.33. The lowest BCUT2D eigenvalue weighted by Crippen LogP contribution is -2.43. The molecule has 3 rings (SSSR count). The highest BCUT2D eigenvalue weighted by molar-refractivity contribution is 6.33. The molecule has 1 aliphatic rings. The lowest BCUT2D eigenvalue weighted by Gasteiger charge is -2.33. The largest absolute Gasteiger partial charge is 0.495 e. The van der Waals surface area contributed by atoms with E-state index in [0.29, 0.717) is 18.5 Å². The quantitative estimate of drug-likeness (QED) is 0.284. The van der Waals surface area contributed by atoms with E-state index in [0.717, 1.165) is 12.3 Å². The minimum Gasteiger partial charge on any atom is -0.495 e. The molecule has 1 heterocycles. The summed E-state index contributed by atoms with van der Waals surface area (Å²) in [6, 6.07) is 4.63. The fourth-order valence-electron chi connectivity index (χ4n) is 4.36. The number of carbonyl (C=O) groups is 2. The van der Waals surface area contributed by atoms with Crippen LogP contribution in [0.5, 0.6) is 5.75 Å². The molecule has 2 aromatic rings. The van der Waals surface area contributed by atoms with Crippen LogP contribution in [0.1, 0.15) is 67.2 Å². The Kier molecular flexibility index (Phi) is 9.45. The third-order valence-electron chi connectivity index (χ3n) is 6.55. The maximum atomic E-state index is 15.2. The van der Waals surface area contributed by atoms with Crippen LogP contribution in [0.2, 0.25) is 5.02 Å². The average molecular weight is 560 g/mol. The first-order valence-corrected chi connectivity index (χ1v) is 12.6. The van der Waals surface area contributed by atoms with Crippen molar-refractivity contribution in [3.63, 3.8) is 0 Å². The predicted octanol–water partition coefficient (Wildman–Crippen LogP) is 6.13. The summed E-state index contributed by atoms with van der Waals surface area (Å²) < 4.78 is 64.8. The van der Waals surface area contributed by atoms with Gasteiger partial charge in [0, 0.05) is 11.1 Å². The van der Waals surface area contributed by atoms with E-state index >= 15 is 4.39 Å². The standard InChI is InChI=1S/C26H30ClF4N3O4/c1-4-38-24(36)16-7-9-25(28,10-8-16)14-33-23(35)17-5-6-20(19(27)11-17)34-15(2)18-12-22(26(29,30)31)32-13-21(18)37-3/h5-6,11-13,15-16,34H,4,7-10,14H2,1-3H3,(H,33,35)/t15-,16?,25?/m0/s1. The summed E-state index contributed by atoms with van der Waals surface area (Å²) in [6.07, 6.45) is -2.65. The Bertz CT molecular complexity index is 1150. The monoisotopic (exact) mass is 559 g/mol. The van der Waals surface area contributed by atoms with Gasteiger partial charge < -0.3 is 20.1 Å². The number of hydrogen-bond donors (Lipinski definition) is 2. The summed E-state index contributed by atoms with van der Waals surface area (Å²) in [5, 5.41) is 5.76. The second-order valence-corrected chi connectivity index (χ2v) is 9.64. The van der Waals surface area contributed by atoms with E-state index in [1.807, 2.05) is 0 Å². The van der Waals surface area contributed by atoms with E-state index in [1.54, 1.807) is 13.8 Å². The molecule has 1 aliphatic carbocycles. The smallest absolute Gasteiger partial charge is 0.433 e. The van der Waals surface area contributed by atoms with Crippen molar-refractivity contribution in [2.45, 2.75) is 57.4 Å². The number of nitrogens with one attached hydrogen (secondary N) is 2. The van der Waals surface area contributed by atoms with E-state index in [9.17, 15) is 22.8 Å². The second-order valence-electron chi connectivity index (χ2n) is 9.23. The molecule has 1 aromatic carbocycles. The second kappa shape index (κ2) is 12.2. The molecule has 0 aliphatic heterocycles. The molecule has 2 N–H and O–H groups in total. The van der Waals surface area contributed by atoms with Gasteiger partial charge >= 0.3 is 12.1 Å². The van der Waals surface area contributed by atoms with Crippen molar-refractivity contribution in [3.8, 4) is 5.75 Å². The molecular weight excluding hydrogens is 530 g/mol. The molecule has 12 heteroatoms. The average Bonchev–Trinajstić information content (AvgIpc) is 2.88. The molecule has 0 saturated heterocycles. The molecule has 38 heavy (non-hydrogen) atoms. The molecule has 1 atom stereocenters. The number of methoxy groups -OCH3 is 1. The van der Waals surface area contributed by atoms with Crippen LogP contribution in [0.25, 0.3) is 0 Å². The molecule has 1 aromatic heterocycles. The summed E-state index contributed by atoms with van der Waals surface area (Å²) in [5.74, 6) is -1.01. The van der Waals surface area contributed by atoms with Crippen LogP contribution in [0.3, 0.4) is 0 Å². The van der Waals surface area contributed by atoms with E-state index in [2.05, 4.69) is 15.6 Å². The van der Waals surface area contributed by atoms with Gasteiger partial charge in [0.05, 0.1) is 49.1 Å². The van der Waals surface area contributed by atoms with Crippen LogP contribution in [-0.2, 0) is 15.7 Å². The zero-order valence-electron chi connectivity index (χ0n) is 21.3. The Balaban J connectivity index is 1.62. The number of rotatable bonds is 9. The Morgan fingerprint density at radius 2 is 1.92 bits per heavy atom. The van der Waals surface area contributed by atoms with Crippen LogP contribution in [0.4, 0.5) is 23.2 Å². The first-order valence-electron chi connectivity index (χ1n) is 12.2. The Morgan fingerprint density at radius 1 is 1.24 bits per heavy atom. The molecule has 1 saturated carbocycles. The van der Waals surface area contributed by atoms with Crippen LogP contribution in [0, 0.1) is 5.92 Å². The third-order valence-corrected chi connectivity index (χ3v) is 6.86. The number of anilines is 1. The van der Waals surface area contributed by atoms with E-state index in [4.69, 9.17) is 21.1 Å². The normalized spacial score (nSPS) is 20.4. The molecule has 7 nitrogen and oxygen atoms in total. The number of ether oxygens (including phenoxy) is 2. The van der Waals surface area contributed by atoms with Crippen LogP contribution >= 0.6 is 11.6 Å². The highest BCUT2D eigenvalue weighted by atomic mass is 35.5. The summed E-state index contributed by atoms with van der Waals surface area (Å²) in [5.41, 5.74) is -1.89. The molecule has 0 bridgehead atoms. The molecule has 0 spiro atoms. The van der Waals surface area contributed by atoms with Gasteiger partial charge in [-0.3, -0.25) is 9.59 Å². The predicted molar refractivity (Wildman–Crippen MR) is 134 cm³/mol. The van der Waals surface area contributed by atoms with Gasteiger partial charge in [0.25, 0.3) is 5.91 Å². The summed E-state index contributed by atoms with van der Waals surface area (Å²) in [6.45, 7) is 3.42. The van der Waals surface area contributed by atoms with Crippen molar-refractivity contribution >= 4 is 29.2 Å². The van der Waals surface area contributed by atoms with Gasteiger partial charge in [-0.1, -0.05) is 11.6 Å². The number of hydrogen-bond acceptors (Lipinski definition) is 6. The minimum atomic E-state index is -4.62. The van der Waals surface area contributed by atoms with Gasteiger partial charge in [0.1, 0.15) is 17.1 Å². The van der Waals surface area contributed by atoms with Gasteiger partial charge in [-0.25, -0.2) is 9.37 Å². The first-order chi connectivity index (χ1) is 17.9. The van der Waals surface area contributed by atoms with Crippen molar-refractivity contribution in [3.05, 3.63) is 52.3 Å². The van der Waals surface area contributed by atoms with Gasteiger partial charge in [-0.05, 0) is 63.8 Å². The first kappa shape index (κ1) is 29.5. The number of amides is 1. The number of esters is 1. The van der Waals surface area contributed by atoms with Crippen molar-refractivity contribution in [1.29, 1.82) is 0 Å². The lowest BCUT2D eigenvalue weighted by atomic mass is 9.80. The minimum absolute atomic E-state index is 0.132. The number of carbonyl (C=O) groups excluding carboxylic acids is 2. The molecule has 0 radical (unpaired) electrons. The molecular formula is C26H30ClF4N3O4. The third kappa shape index (κ3) is 7.27. The van der Waals surface area contributed by atoms with Crippen LogP contribution < -0.4 is 15.4 Å². The molecule has 208 valence electrons.